The van der Waals surface area contributed by atoms with Crippen molar-refractivity contribution in [3.63, 3.8) is 0 Å². The predicted molar refractivity (Wildman–Crippen MR) is 67.2 cm³/mol. The Morgan fingerprint density at radius 3 is 2.82 bits per heavy atom. The van der Waals surface area contributed by atoms with Crippen LogP contribution in [0.5, 0.6) is 0 Å². The number of rotatable bonds is 2. The molecule has 0 bridgehead atoms. The third-order valence-corrected chi connectivity index (χ3v) is 3.52. The third kappa shape index (κ3) is 2.91. The molecule has 0 aliphatic carbocycles. The second-order valence-electron chi connectivity index (χ2n) is 4.10. The number of nitrogens with one attached hydrogen (secondary N) is 1. The molecule has 1 heterocycles. The normalized spacial score (nSPS) is 24.9. The highest BCUT2D eigenvalue weighted by Crippen LogP contribution is 2.32. The van der Waals surface area contributed by atoms with E-state index in [1.807, 2.05) is 0 Å². The van der Waals surface area contributed by atoms with Crippen molar-refractivity contribution in [1.82, 2.24) is 5.32 Å². The van der Waals surface area contributed by atoms with E-state index < -0.39 is 5.82 Å². The Bertz CT molecular complexity index is 414. The minimum Gasteiger partial charge on any atom is -0.368 e. The molecule has 2 unspecified atom stereocenters. The van der Waals surface area contributed by atoms with E-state index >= 15 is 0 Å². The number of morpholine rings is 1. The standard InChI is InChI=1S/C12H14Cl2FNO/c1-2-7-5-16-6-12(17-7)8-3-11(15)10(14)4-9(8)13/h3-4,7,12,16H,2,5-6H2,1H3. The zero-order chi connectivity index (χ0) is 12.4. The van der Waals surface area contributed by atoms with E-state index in [1.165, 1.54) is 12.1 Å². The first-order chi connectivity index (χ1) is 8.11. The second kappa shape index (κ2) is 5.53. The molecule has 1 aromatic carbocycles. The molecule has 94 valence electrons. The van der Waals surface area contributed by atoms with Crippen molar-refractivity contribution in [3.05, 3.63) is 33.6 Å². The molecule has 0 aromatic heterocycles. The van der Waals surface area contributed by atoms with E-state index in [1.54, 1.807) is 0 Å². The predicted octanol–water partition coefficient (Wildman–Crippen LogP) is 3.57. The summed E-state index contributed by atoms with van der Waals surface area (Å²) in [6.07, 6.45) is 0.841. The lowest BCUT2D eigenvalue weighted by molar-refractivity contribution is -0.0400. The zero-order valence-corrected chi connectivity index (χ0v) is 11.0. The van der Waals surface area contributed by atoms with Crippen LogP contribution >= 0.6 is 23.2 Å². The van der Waals surface area contributed by atoms with Crippen molar-refractivity contribution in [2.75, 3.05) is 13.1 Å². The highest BCUT2D eigenvalue weighted by molar-refractivity contribution is 6.35. The summed E-state index contributed by atoms with van der Waals surface area (Å²) in [5, 5.41) is 3.74. The van der Waals surface area contributed by atoms with Crippen LogP contribution in [0.4, 0.5) is 4.39 Å². The molecule has 5 heteroatoms. The quantitative estimate of drug-likeness (QED) is 0.835. The highest BCUT2D eigenvalue weighted by atomic mass is 35.5. The molecule has 0 spiro atoms. The number of halogens is 3. The molecule has 0 amide bonds. The van der Waals surface area contributed by atoms with Crippen molar-refractivity contribution in [2.24, 2.45) is 0 Å². The molecule has 1 fully saturated rings. The van der Waals surface area contributed by atoms with Crippen LogP contribution in [0.2, 0.25) is 10.0 Å². The van der Waals surface area contributed by atoms with Crippen molar-refractivity contribution < 1.29 is 9.13 Å². The number of ether oxygens (including phenoxy) is 1. The first kappa shape index (κ1) is 13.1. The second-order valence-corrected chi connectivity index (χ2v) is 4.92. The van der Waals surface area contributed by atoms with Crippen LogP contribution in [0.1, 0.15) is 25.0 Å². The van der Waals surface area contributed by atoms with E-state index in [-0.39, 0.29) is 17.2 Å². The Morgan fingerprint density at radius 1 is 1.35 bits per heavy atom. The SMILES string of the molecule is CCC1CNCC(c2cc(F)c(Cl)cc2Cl)O1. The van der Waals surface area contributed by atoms with Gasteiger partial charge in [-0.15, -0.1) is 0 Å². The molecule has 1 aromatic rings. The third-order valence-electron chi connectivity index (χ3n) is 2.90. The number of hydrogen-bond acceptors (Lipinski definition) is 2. The van der Waals surface area contributed by atoms with Gasteiger partial charge in [0.15, 0.2) is 0 Å². The van der Waals surface area contributed by atoms with E-state index in [9.17, 15) is 4.39 Å². The minimum atomic E-state index is -0.465. The van der Waals surface area contributed by atoms with Gasteiger partial charge in [-0.2, -0.15) is 0 Å². The summed E-state index contributed by atoms with van der Waals surface area (Å²) in [4.78, 5) is 0. The molecule has 1 N–H and O–H groups in total. The average molecular weight is 278 g/mol. The van der Waals surface area contributed by atoms with E-state index in [0.29, 0.717) is 17.1 Å². The van der Waals surface area contributed by atoms with Crippen molar-refractivity contribution in [1.29, 1.82) is 0 Å². The summed E-state index contributed by atoms with van der Waals surface area (Å²) in [7, 11) is 0. The maximum absolute atomic E-state index is 13.4. The Morgan fingerprint density at radius 2 is 2.12 bits per heavy atom. The first-order valence-electron chi connectivity index (χ1n) is 5.62. The molecule has 1 saturated heterocycles. The topological polar surface area (TPSA) is 21.3 Å². The van der Waals surface area contributed by atoms with Gasteiger partial charge in [-0.05, 0) is 18.6 Å². The van der Waals surface area contributed by atoms with Crippen LogP contribution in [-0.2, 0) is 4.74 Å². The Hall–Kier alpha value is -0.350. The lowest BCUT2D eigenvalue weighted by Gasteiger charge is -2.31. The summed E-state index contributed by atoms with van der Waals surface area (Å²) < 4.78 is 19.3. The van der Waals surface area contributed by atoms with Gasteiger partial charge in [0.2, 0.25) is 0 Å². The van der Waals surface area contributed by atoms with Crippen molar-refractivity contribution in [2.45, 2.75) is 25.6 Å². The molecular weight excluding hydrogens is 264 g/mol. The van der Waals surface area contributed by atoms with Gasteiger partial charge in [-0.3, -0.25) is 0 Å². The van der Waals surface area contributed by atoms with Gasteiger partial charge in [0.25, 0.3) is 0 Å². The van der Waals surface area contributed by atoms with Gasteiger partial charge in [-0.1, -0.05) is 30.1 Å². The fraction of sp³-hybridized carbons (Fsp3) is 0.500. The van der Waals surface area contributed by atoms with Gasteiger partial charge in [0, 0.05) is 23.7 Å². The summed E-state index contributed by atoms with van der Waals surface area (Å²) in [5.74, 6) is -0.465. The molecule has 2 rings (SSSR count). The van der Waals surface area contributed by atoms with Crippen LogP contribution in [0.15, 0.2) is 12.1 Å². The first-order valence-corrected chi connectivity index (χ1v) is 6.38. The molecule has 2 atom stereocenters. The van der Waals surface area contributed by atoms with Crippen LogP contribution in [0, 0.1) is 5.82 Å². The number of hydrogen-bond donors (Lipinski definition) is 1. The number of benzene rings is 1. The van der Waals surface area contributed by atoms with Gasteiger partial charge in [-0.25, -0.2) is 4.39 Å². The fourth-order valence-electron chi connectivity index (χ4n) is 1.91. The largest absolute Gasteiger partial charge is 0.368 e. The lowest BCUT2D eigenvalue weighted by Crippen LogP contribution is -2.40. The van der Waals surface area contributed by atoms with Crippen molar-refractivity contribution in [3.8, 4) is 0 Å². The summed E-state index contributed by atoms with van der Waals surface area (Å²) in [5.41, 5.74) is 0.652. The van der Waals surface area contributed by atoms with Crippen LogP contribution in [0.25, 0.3) is 0 Å². The molecule has 0 saturated carbocycles. The summed E-state index contributed by atoms with van der Waals surface area (Å²) >= 11 is 11.7. The van der Waals surface area contributed by atoms with E-state index in [0.717, 1.165) is 13.0 Å². The fourth-order valence-corrected chi connectivity index (χ4v) is 2.42. The molecule has 1 aliphatic rings. The van der Waals surface area contributed by atoms with Gasteiger partial charge in [0.05, 0.1) is 17.2 Å². The maximum Gasteiger partial charge on any atom is 0.142 e. The Balaban J connectivity index is 2.24. The van der Waals surface area contributed by atoms with E-state index in [4.69, 9.17) is 27.9 Å². The minimum absolute atomic E-state index is 0.0366. The Kier molecular flexibility index (Phi) is 4.26. The molecule has 2 nitrogen and oxygen atoms in total. The maximum atomic E-state index is 13.4. The van der Waals surface area contributed by atoms with Gasteiger partial charge >= 0.3 is 0 Å². The summed E-state index contributed by atoms with van der Waals surface area (Å²) in [6.45, 7) is 3.51. The Labute approximate surface area is 110 Å². The highest BCUT2D eigenvalue weighted by Gasteiger charge is 2.24. The lowest BCUT2D eigenvalue weighted by atomic mass is 10.1. The molecule has 17 heavy (non-hydrogen) atoms. The van der Waals surface area contributed by atoms with Crippen LogP contribution < -0.4 is 5.32 Å². The molecule has 1 aliphatic heterocycles. The van der Waals surface area contributed by atoms with E-state index in [2.05, 4.69) is 12.2 Å². The van der Waals surface area contributed by atoms with Crippen molar-refractivity contribution >= 4 is 23.2 Å². The van der Waals surface area contributed by atoms with Crippen LogP contribution in [-0.4, -0.2) is 19.2 Å². The zero-order valence-electron chi connectivity index (χ0n) is 9.47. The smallest absolute Gasteiger partial charge is 0.142 e. The monoisotopic (exact) mass is 277 g/mol. The van der Waals surface area contributed by atoms with Gasteiger partial charge < -0.3 is 10.1 Å². The summed E-state index contributed by atoms with van der Waals surface area (Å²) in [6, 6.07) is 2.78. The average Bonchev–Trinajstić information content (AvgIpc) is 2.34. The molecule has 0 radical (unpaired) electrons. The molecular formula is C12H14Cl2FNO. The van der Waals surface area contributed by atoms with Gasteiger partial charge in [0.1, 0.15) is 5.82 Å². The van der Waals surface area contributed by atoms with Crippen LogP contribution in [0.3, 0.4) is 0 Å².